The minimum Gasteiger partial charge on any atom is -0.371 e. The van der Waals surface area contributed by atoms with Gasteiger partial charge in [-0.05, 0) is 48.7 Å². The minimum atomic E-state index is -4.37. The molecule has 5 nitrogen and oxygen atoms in total. The molecule has 0 aromatic heterocycles. The second-order valence-electron chi connectivity index (χ2n) is 7.40. The Hall–Kier alpha value is -3.03. The van der Waals surface area contributed by atoms with Gasteiger partial charge in [0.25, 0.3) is 0 Å². The summed E-state index contributed by atoms with van der Waals surface area (Å²) < 4.78 is 38.8. The van der Waals surface area contributed by atoms with Crippen molar-refractivity contribution in [1.29, 1.82) is 0 Å². The van der Waals surface area contributed by atoms with Crippen molar-refractivity contribution in [2.45, 2.75) is 25.4 Å². The summed E-state index contributed by atoms with van der Waals surface area (Å²) in [5.74, 6) is -0.386. The van der Waals surface area contributed by atoms with Gasteiger partial charge in [0.1, 0.15) is 0 Å². The molecule has 2 N–H and O–H groups in total. The Morgan fingerprint density at radius 1 is 1.10 bits per heavy atom. The summed E-state index contributed by atoms with van der Waals surface area (Å²) in [6.45, 7) is 1.03. The number of nitrogens with one attached hydrogen (secondary N) is 2. The third-order valence-corrected chi connectivity index (χ3v) is 5.41. The summed E-state index contributed by atoms with van der Waals surface area (Å²) in [6.07, 6.45) is -2.91. The van der Waals surface area contributed by atoms with E-state index in [4.69, 9.17) is 0 Å². The van der Waals surface area contributed by atoms with Crippen LogP contribution in [0.1, 0.15) is 24.0 Å². The molecular weight excluding hydrogens is 383 g/mol. The van der Waals surface area contributed by atoms with Crippen LogP contribution in [0.3, 0.4) is 0 Å². The number of hydrogen-bond donors (Lipinski definition) is 2. The van der Waals surface area contributed by atoms with Crippen molar-refractivity contribution in [3.05, 3.63) is 53.6 Å². The van der Waals surface area contributed by atoms with Gasteiger partial charge in [-0.15, -0.1) is 0 Å². The van der Waals surface area contributed by atoms with Gasteiger partial charge in [-0.25, -0.2) is 0 Å². The molecule has 0 spiro atoms. The normalized spacial score (nSPS) is 17.1. The van der Waals surface area contributed by atoms with Crippen LogP contribution >= 0.6 is 0 Å². The Kier molecular flexibility index (Phi) is 4.94. The highest BCUT2D eigenvalue weighted by molar-refractivity contribution is 6.01. The Morgan fingerprint density at radius 2 is 1.86 bits per heavy atom. The van der Waals surface area contributed by atoms with E-state index in [-0.39, 0.29) is 17.7 Å². The van der Waals surface area contributed by atoms with Gasteiger partial charge in [-0.3, -0.25) is 9.59 Å². The summed E-state index contributed by atoms with van der Waals surface area (Å²) in [6, 6.07) is 10.6. The molecule has 1 fully saturated rings. The quantitative estimate of drug-likeness (QED) is 0.813. The molecule has 4 rings (SSSR count). The van der Waals surface area contributed by atoms with Gasteiger partial charge in [-0.2, -0.15) is 13.2 Å². The van der Waals surface area contributed by atoms with Crippen molar-refractivity contribution >= 4 is 28.9 Å². The maximum Gasteiger partial charge on any atom is 0.416 e. The smallest absolute Gasteiger partial charge is 0.371 e. The first kappa shape index (κ1) is 19.3. The minimum absolute atomic E-state index is 0.0644. The molecule has 2 aromatic rings. The van der Waals surface area contributed by atoms with E-state index in [0.717, 1.165) is 17.7 Å². The fourth-order valence-electron chi connectivity index (χ4n) is 3.82. The maximum absolute atomic E-state index is 12.9. The first-order chi connectivity index (χ1) is 13.8. The third kappa shape index (κ3) is 4.21. The van der Waals surface area contributed by atoms with Crippen LogP contribution in [0.25, 0.3) is 0 Å². The van der Waals surface area contributed by atoms with E-state index in [9.17, 15) is 22.8 Å². The summed E-state index contributed by atoms with van der Waals surface area (Å²) >= 11 is 0. The summed E-state index contributed by atoms with van der Waals surface area (Å²) in [7, 11) is 0. The molecule has 0 radical (unpaired) electrons. The Labute approximate surface area is 165 Å². The van der Waals surface area contributed by atoms with Crippen molar-refractivity contribution in [2.75, 3.05) is 28.6 Å². The largest absolute Gasteiger partial charge is 0.416 e. The first-order valence-corrected chi connectivity index (χ1v) is 9.45. The zero-order valence-electron chi connectivity index (χ0n) is 15.6. The highest BCUT2D eigenvalue weighted by Gasteiger charge is 2.31. The number of alkyl halides is 3. The van der Waals surface area contributed by atoms with Crippen LogP contribution in [0.4, 0.5) is 30.2 Å². The molecule has 0 aliphatic carbocycles. The lowest BCUT2D eigenvalue weighted by molar-refractivity contribution is -0.137. The van der Waals surface area contributed by atoms with Crippen LogP contribution in [0.2, 0.25) is 0 Å². The maximum atomic E-state index is 12.9. The van der Waals surface area contributed by atoms with Crippen molar-refractivity contribution in [2.24, 2.45) is 5.92 Å². The Balaban J connectivity index is 1.36. The van der Waals surface area contributed by atoms with E-state index < -0.39 is 11.7 Å². The molecule has 2 aromatic carbocycles. The lowest BCUT2D eigenvalue weighted by Crippen LogP contribution is -2.38. The first-order valence-electron chi connectivity index (χ1n) is 9.45. The molecule has 0 saturated carbocycles. The highest BCUT2D eigenvalue weighted by atomic mass is 19.4. The molecule has 2 amide bonds. The lowest BCUT2D eigenvalue weighted by atomic mass is 9.95. The van der Waals surface area contributed by atoms with E-state index in [2.05, 4.69) is 10.6 Å². The molecule has 2 aliphatic heterocycles. The second-order valence-corrected chi connectivity index (χ2v) is 7.40. The van der Waals surface area contributed by atoms with E-state index in [1.54, 1.807) is 18.2 Å². The van der Waals surface area contributed by atoms with Gasteiger partial charge >= 0.3 is 6.18 Å². The average Bonchev–Trinajstić information content (AvgIpc) is 3.07. The van der Waals surface area contributed by atoms with Gasteiger partial charge < -0.3 is 15.5 Å². The van der Waals surface area contributed by atoms with Crippen molar-refractivity contribution in [1.82, 2.24) is 0 Å². The molecular formula is C21H20F3N3O2. The van der Waals surface area contributed by atoms with E-state index in [0.29, 0.717) is 49.4 Å². The van der Waals surface area contributed by atoms with Crippen LogP contribution in [-0.4, -0.2) is 24.9 Å². The number of fused-ring (bicyclic) bond motifs is 1. The van der Waals surface area contributed by atoms with E-state index in [1.165, 1.54) is 6.07 Å². The van der Waals surface area contributed by atoms with E-state index in [1.807, 2.05) is 11.0 Å². The number of hydrogen-bond acceptors (Lipinski definition) is 3. The Bertz CT molecular complexity index is 950. The molecule has 0 atom stereocenters. The van der Waals surface area contributed by atoms with Crippen LogP contribution in [0.5, 0.6) is 0 Å². The topological polar surface area (TPSA) is 61.4 Å². The van der Waals surface area contributed by atoms with Gasteiger partial charge in [0, 0.05) is 36.1 Å². The molecule has 0 unspecified atom stereocenters. The molecule has 1 saturated heterocycles. The molecule has 29 heavy (non-hydrogen) atoms. The van der Waals surface area contributed by atoms with Crippen molar-refractivity contribution < 1.29 is 22.8 Å². The van der Waals surface area contributed by atoms with Gasteiger partial charge in [0.2, 0.25) is 11.8 Å². The van der Waals surface area contributed by atoms with Gasteiger partial charge in [0.05, 0.1) is 12.0 Å². The zero-order valence-corrected chi connectivity index (χ0v) is 15.6. The summed E-state index contributed by atoms with van der Waals surface area (Å²) in [5, 5.41) is 5.63. The van der Waals surface area contributed by atoms with E-state index >= 15 is 0 Å². The van der Waals surface area contributed by atoms with Gasteiger partial charge in [-0.1, -0.05) is 12.1 Å². The van der Waals surface area contributed by atoms with Crippen LogP contribution in [0, 0.1) is 5.92 Å². The summed E-state index contributed by atoms with van der Waals surface area (Å²) in [5.41, 5.74) is 2.09. The highest BCUT2D eigenvalue weighted by Crippen LogP contribution is 2.33. The van der Waals surface area contributed by atoms with Crippen LogP contribution in [-0.2, 0) is 22.2 Å². The fourth-order valence-corrected chi connectivity index (χ4v) is 3.82. The number of rotatable bonds is 3. The number of amides is 2. The Morgan fingerprint density at radius 3 is 2.59 bits per heavy atom. The number of carbonyl (C=O) groups is 2. The van der Waals surface area contributed by atoms with Gasteiger partial charge in [0.15, 0.2) is 0 Å². The van der Waals surface area contributed by atoms with Crippen molar-refractivity contribution in [3.8, 4) is 0 Å². The molecule has 0 bridgehead atoms. The predicted octanol–water partition coefficient (Wildman–Crippen LogP) is 4.06. The SMILES string of the molecule is O=C1Cc2ccc(NC(=O)C3CCN(c4cccc(C(F)(F)F)c4)CC3)cc2N1. The molecule has 2 aliphatic rings. The predicted molar refractivity (Wildman–Crippen MR) is 104 cm³/mol. The molecule has 2 heterocycles. The molecule has 8 heteroatoms. The zero-order chi connectivity index (χ0) is 20.6. The second kappa shape index (κ2) is 7.42. The number of benzene rings is 2. The number of piperidine rings is 1. The number of anilines is 3. The summed E-state index contributed by atoms with van der Waals surface area (Å²) in [4.78, 5) is 25.9. The average molecular weight is 403 g/mol. The van der Waals surface area contributed by atoms with Crippen molar-refractivity contribution in [3.63, 3.8) is 0 Å². The fraction of sp³-hybridized carbons (Fsp3) is 0.333. The number of halogens is 3. The monoisotopic (exact) mass is 403 g/mol. The van der Waals surface area contributed by atoms with Crippen LogP contribution in [0.15, 0.2) is 42.5 Å². The third-order valence-electron chi connectivity index (χ3n) is 5.41. The number of carbonyl (C=O) groups excluding carboxylic acids is 2. The molecule has 152 valence electrons. The lowest BCUT2D eigenvalue weighted by Gasteiger charge is -2.33. The van der Waals surface area contributed by atoms with Crippen LogP contribution < -0.4 is 15.5 Å². The number of nitrogens with zero attached hydrogens (tertiary/aromatic N) is 1. The standard InChI is InChI=1S/C21H20F3N3O2/c22-21(23,24)15-2-1-3-17(11-15)27-8-6-13(7-9-27)20(29)25-16-5-4-14-10-19(28)26-18(14)12-16/h1-5,11-13H,6-10H2,(H,25,29)(H,26,28).